The number of nitrogens with one attached hydrogen (secondary N) is 1. The lowest BCUT2D eigenvalue weighted by molar-refractivity contribution is 0.412. The van der Waals surface area contributed by atoms with Crippen LogP contribution in [-0.2, 0) is 6.42 Å². The van der Waals surface area contributed by atoms with Crippen molar-refractivity contribution in [3.63, 3.8) is 0 Å². The van der Waals surface area contributed by atoms with Gasteiger partial charge in [0, 0.05) is 12.1 Å². The molecule has 0 bridgehead atoms. The molecule has 1 N–H and O–H groups in total. The smallest absolute Gasteiger partial charge is 0.119 e. The van der Waals surface area contributed by atoms with E-state index < -0.39 is 0 Å². The molecule has 0 fully saturated rings. The molecule has 0 saturated heterocycles. The second kappa shape index (κ2) is 5.90. The van der Waals surface area contributed by atoms with Gasteiger partial charge in [-0.15, -0.1) is 0 Å². The fourth-order valence-corrected chi connectivity index (χ4v) is 3.34. The summed E-state index contributed by atoms with van der Waals surface area (Å²) < 4.78 is 5.37. The highest BCUT2D eigenvalue weighted by atomic mass is 16.5. The highest BCUT2D eigenvalue weighted by Gasteiger charge is 2.24. The van der Waals surface area contributed by atoms with Crippen molar-refractivity contribution in [2.75, 3.05) is 7.11 Å². The molecule has 0 spiro atoms. The van der Waals surface area contributed by atoms with E-state index in [1.165, 1.54) is 28.7 Å². The van der Waals surface area contributed by atoms with E-state index in [4.69, 9.17) is 4.74 Å². The van der Waals surface area contributed by atoms with Crippen LogP contribution in [0, 0.1) is 6.92 Å². The Morgan fingerprint density at radius 3 is 2.76 bits per heavy atom. The number of ether oxygens (including phenoxy) is 1. The van der Waals surface area contributed by atoms with Gasteiger partial charge in [-0.3, -0.25) is 0 Å². The van der Waals surface area contributed by atoms with Crippen molar-refractivity contribution in [2.24, 2.45) is 0 Å². The Morgan fingerprint density at radius 2 is 2.00 bits per heavy atom. The van der Waals surface area contributed by atoms with E-state index in [9.17, 15) is 0 Å². The molecule has 2 atom stereocenters. The van der Waals surface area contributed by atoms with Crippen LogP contribution in [-0.4, -0.2) is 7.11 Å². The first kappa shape index (κ1) is 14.2. The van der Waals surface area contributed by atoms with Gasteiger partial charge in [-0.05, 0) is 61.1 Å². The fourth-order valence-electron chi connectivity index (χ4n) is 3.34. The second-order valence-corrected chi connectivity index (χ2v) is 5.90. The monoisotopic (exact) mass is 281 g/mol. The number of aryl methyl sites for hydroxylation is 2. The number of rotatable bonds is 4. The van der Waals surface area contributed by atoms with Gasteiger partial charge in [-0.25, -0.2) is 0 Å². The van der Waals surface area contributed by atoms with Gasteiger partial charge in [0.15, 0.2) is 0 Å². The van der Waals surface area contributed by atoms with Crippen molar-refractivity contribution in [1.82, 2.24) is 5.32 Å². The van der Waals surface area contributed by atoms with Gasteiger partial charge in [0.05, 0.1) is 7.11 Å². The minimum absolute atomic E-state index is 0.355. The van der Waals surface area contributed by atoms with Gasteiger partial charge in [-0.2, -0.15) is 0 Å². The summed E-state index contributed by atoms with van der Waals surface area (Å²) in [5.74, 6) is 0.950. The summed E-state index contributed by atoms with van der Waals surface area (Å²) >= 11 is 0. The molecule has 2 aromatic rings. The summed E-state index contributed by atoms with van der Waals surface area (Å²) in [5, 5.41) is 3.79. The van der Waals surface area contributed by atoms with Crippen molar-refractivity contribution < 1.29 is 4.74 Å². The Hall–Kier alpha value is -1.80. The van der Waals surface area contributed by atoms with E-state index in [-0.39, 0.29) is 0 Å². The number of hydrogen-bond donors (Lipinski definition) is 1. The summed E-state index contributed by atoms with van der Waals surface area (Å²) in [5.41, 5.74) is 5.58. The van der Waals surface area contributed by atoms with E-state index >= 15 is 0 Å². The molecule has 1 unspecified atom stereocenters. The van der Waals surface area contributed by atoms with Gasteiger partial charge >= 0.3 is 0 Å². The molecular weight excluding hydrogens is 258 g/mol. The first-order valence-corrected chi connectivity index (χ1v) is 7.67. The molecule has 0 saturated carbocycles. The van der Waals surface area contributed by atoms with Crippen molar-refractivity contribution >= 4 is 0 Å². The summed E-state index contributed by atoms with van der Waals surface area (Å²) in [4.78, 5) is 0. The van der Waals surface area contributed by atoms with Crippen molar-refractivity contribution in [2.45, 2.75) is 38.8 Å². The third kappa shape index (κ3) is 2.81. The molecule has 0 aromatic heterocycles. The number of methoxy groups -OCH3 is 1. The zero-order valence-electron chi connectivity index (χ0n) is 13.0. The number of benzene rings is 2. The van der Waals surface area contributed by atoms with Crippen LogP contribution in [0.2, 0.25) is 0 Å². The van der Waals surface area contributed by atoms with Crippen LogP contribution in [0.5, 0.6) is 5.75 Å². The molecule has 2 nitrogen and oxygen atoms in total. The predicted molar refractivity (Wildman–Crippen MR) is 86.8 cm³/mol. The van der Waals surface area contributed by atoms with E-state index in [0.29, 0.717) is 12.1 Å². The molecule has 2 aromatic carbocycles. The largest absolute Gasteiger partial charge is 0.497 e. The molecular formula is C19H23NO. The van der Waals surface area contributed by atoms with Gasteiger partial charge in [-0.1, -0.05) is 30.3 Å². The quantitative estimate of drug-likeness (QED) is 0.900. The molecule has 21 heavy (non-hydrogen) atoms. The Kier molecular flexibility index (Phi) is 3.98. The van der Waals surface area contributed by atoms with Crippen LogP contribution >= 0.6 is 0 Å². The Morgan fingerprint density at radius 1 is 1.19 bits per heavy atom. The second-order valence-electron chi connectivity index (χ2n) is 5.90. The normalized spacial score (nSPS) is 18.3. The van der Waals surface area contributed by atoms with Crippen LogP contribution < -0.4 is 10.1 Å². The maximum absolute atomic E-state index is 5.37. The van der Waals surface area contributed by atoms with Gasteiger partial charge in [0.1, 0.15) is 5.75 Å². The Bertz CT molecular complexity index is 635. The number of fused-ring (bicyclic) bond motifs is 1. The summed E-state index contributed by atoms with van der Waals surface area (Å²) in [7, 11) is 1.73. The molecule has 3 rings (SSSR count). The van der Waals surface area contributed by atoms with Crippen molar-refractivity contribution in [3.8, 4) is 5.75 Å². The third-order valence-electron chi connectivity index (χ3n) is 4.54. The van der Waals surface area contributed by atoms with E-state index in [0.717, 1.165) is 12.2 Å². The molecule has 0 radical (unpaired) electrons. The van der Waals surface area contributed by atoms with Gasteiger partial charge in [0.2, 0.25) is 0 Å². The standard InChI is InChI=1S/C19H23NO/c1-13-6-4-5-7-17(13)14(2)20-19-11-9-15-8-10-16(21-3)12-18(15)19/h4-8,10,12,14,19-20H,9,11H2,1-3H3/t14-,19?/m0/s1. The molecule has 1 aliphatic rings. The molecule has 2 heteroatoms. The Balaban J connectivity index is 1.80. The predicted octanol–water partition coefficient (Wildman–Crippen LogP) is 4.34. The summed E-state index contributed by atoms with van der Waals surface area (Å²) in [6.07, 6.45) is 2.32. The highest BCUT2D eigenvalue weighted by molar-refractivity contribution is 5.41. The first-order chi connectivity index (χ1) is 10.2. The van der Waals surface area contributed by atoms with Crippen LogP contribution in [0.15, 0.2) is 42.5 Å². The minimum Gasteiger partial charge on any atom is -0.497 e. The van der Waals surface area contributed by atoms with Gasteiger partial charge in [0.25, 0.3) is 0 Å². The SMILES string of the molecule is COc1ccc2c(c1)C(N[C@@H](C)c1ccccc1C)CC2. The van der Waals surface area contributed by atoms with Crippen molar-refractivity contribution in [1.29, 1.82) is 0 Å². The van der Waals surface area contributed by atoms with E-state index in [1.807, 2.05) is 0 Å². The molecule has 0 heterocycles. The van der Waals surface area contributed by atoms with Crippen molar-refractivity contribution in [3.05, 3.63) is 64.7 Å². The van der Waals surface area contributed by atoms with Crippen LogP contribution in [0.25, 0.3) is 0 Å². The maximum atomic E-state index is 5.37. The lowest BCUT2D eigenvalue weighted by Crippen LogP contribution is -2.23. The van der Waals surface area contributed by atoms with Crippen LogP contribution in [0.1, 0.15) is 47.7 Å². The maximum Gasteiger partial charge on any atom is 0.119 e. The van der Waals surface area contributed by atoms with E-state index in [2.05, 4.69) is 61.6 Å². The first-order valence-electron chi connectivity index (χ1n) is 7.67. The topological polar surface area (TPSA) is 21.3 Å². The third-order valence-corrected chi connectivity index (χ3v) is 4.54. The number of hydrogen-bond acceptors (Lipinski definition) is 2. The minimum atomic E-state index is 0.355. The molecule has 110 valence electrons. The Labute approximate surface area is 127 Å². The van der Waals surface area contributed by atoms with Gasteiger partial charge < -0.3 is 10.1 Å². The molecule has 1 aliphatic carbocycles. The highest BCUT2D eigenvalue weighted by Crippen LogP contribution is 2.35. The van der Waals surface area contributed by atoms with E-state index in [1.54, 1.807) is 7.11 Å². The lowest BCUT2D eigenvalue weighted by Gasteiger charge is -2.22. The summed E-state index contributed by atoms with van der Waals surface area (Å²) in [6, 6.07) is 15.8. The zero-order chi connectivity index (χ0) is 14.8. The van der Waals surface area contributed by atoms with Crippen LogP contribution in [0.4, 0.5) is 0 Å². The zero-order valence-corrected chi connectivity index (χ0v) is 13.0. The fraction of sp³-hybridized carbons (Fsp3) is 0.368. The average molecular weight is 281 g/mol. The lowest BCUT2D eigenvalue weighted by atomic mass is 10.0. The average Bonchev–Trinajstić information content (AvgIpc) is 2.90. The van der Waals surface area contributed by atoms with Crippen LogP contribution in [0.3, 0.4) is 0 Å². The summed E-state index contributed by atoms with van der Waals surface area (Å²) in [6.45, 7) is 4.43. The molecule has 0 amide bonds. The molecule has 0 aliphatic heterocycles.